The summed E-state index contributed by atoms with van der Waals surface area (Å²) in [5, 5.41) is 2.57. The Hall–Kier alpha value is -2.87. The third kappa shape index (κ3) is 4.32. The van der Waals surface area contributed by atoms with Crippen LogP contribution in [0.1, 0.15) is 12.8 Å². The maximum absolute atomic E-state index is 12.5. The van der Waals surface area contributed by atoms with Crippen LogP contribution < -0.4 is 16.8 Å². The van der Waals surface area contributed by atoms with Gasteiger partial charge in [0.2, 0.25) is 21.7 Å². The maximum Gasteiger partial charge on any atom is 0.224 e. The third-order valence-electron chi connectivity index (χ3n) is 3.24. The van der Waals surface area contributed by atoms with Crippen LogP contribution in [0.2, 0.25) is 0 Å². The Morgan fingerprint density at radius 1 is 0.875 bits per heavy atom. The molecule has 0 aliphatic carbocycles. The minimum atomic E-state index is -3.65. The van der Waals surface area contributed by atoms with Gasteiger partial charge in [-0.1, -0.05) is 0 Å². The molecule has 0 aliphatic heterocycles. The Morgan fingerprint density at radius 3 is 1.88 bits per heavy atom. The van der Waals surface area contributed by atoms with Gasteiger partial charge in [-0.25, -0.2) is 8.42 Å². The van der Waals surface area contributed by atoms with Crippen molar-refractivity contribution in [3.63, 3.8) is 0 Å². The molecule has 5 N–H and O–H groups in total. The van der Waals surface area contributed by atoms with Crippen LogP contribution in [0.5, 0.6) is 0 Å². The number of amides is 2. The molecule has 0 heterocycles. The second-order valence-corrected chi connectivity index (χ2v) is 7.06. The largest absolute Gasteiger partial charge is 0.399 e. The quantitative estimate of drug-likeness (QED) is 0.678. The molecule has 0 atom stereocenters. The Labute approximate surface area is 139 Å². The summed E-state index contributed by atoms with van der Waals surface area (Å²) < 4.78 is 25.0. The molecule has 24 heavy (non-hydrogen) atoms. The summed E-state index contributed by atoms with van der Waals surface area (Å²) in [6, 6.07) is 11.7. The fraction of sp³-hybridized carbons (Fsp3) is 0.125. The van der Waals surface area contributed by atoms with Gasteiger partial charge in [0.15, 0.2) is 0 Å². The molecule has 0 saturated carbocycles. The van der Waals surface area contributed by atoms with Crippen molar-refractivity contribution in [3.8, 4) is 0 Å². The number of primary amides is 1. The van der Waals surface area contributed by atoms with Crippen LogP contribution >= 0.6 is 0 Å². The molecule has 2 aromatic carbocycles. The predicted octanol–water partition coefficient (Wildman–Crippen LogP) is 1.31. The van der Waals surface area contributed by atoms with Crippen molar-refractivity contribution in [2.24, 2.45) is 5.73 Å². The van der Waals surface area contributed by atoms with Crippen LogP contribution in [-0.4, -0.2) is 20.2 Å². The summed E-state index contributed by atoms with van der Waals surface area (Å²) in [5.41, 5.74) is 11.4. The van der Waals surface area contributed by atoms with Gasteiger partial charge >= 0.3 is 0 Å². The first-order chi connectivity index (χ1) is 11.3. The minimum absolute atomic E-state index is 0.0270. The van der Waals surface area contributed by atoms with Crippen LogP contribution in [0, 0.1) is 0 Å². The summed E-state index contributed by atoms with van der Waals surface area (Å²) in [6.07, 6.45) is -0.0732. The molecule has 0 saturated heterocycles. The number of benzene rings is 2. The molecule has 0 spiro atoms. The Bertz CT molecular complexity index is 844. The van der Waals surface area contributed by atoms with E-state index in [2.05, 4.69) is 5.32 Å². The van der Waals surface area contributed by atoms with Crippen molar-refractivity contribution < 1.29 is 18.0 Å². The van der Waals surface area contributed by atoms with Gasteiger partial charge in [-0.2, -0.15) is 0 Å². The van der Waals surface area contributed by atoms with E-state index in [9.17, 15) is 18.0 Å². The van der Waals surface area contributed by atoms with Crippen LogP contribution in [0.4, 0.5) is 11.4 Å². The Kier molecular flexibility index (Phi) is 5.20. The van der Waals surface area contributed by atoms with Crippen molar-refractivity contribution in [2.45, 2.75) is 22.6 Å². The van der Waals surface area contributed by atoms with Crippen LogP contribution in [-0.2, 0) is 19.4 Å². The SMILES string of the molecule is NC(=O)CCC(=O)Nc1ccc(S(=O)(=O)c2ccc(N)cc2)cc1. The zero-order valence-electron chi connectivity index (χ0n) is 12.7. The number of nitrogen functional groups attached to an aromatic ring is 1. The van der Waals surface area contributed by atoms with Gasteiger partial charge in [0.1, 0.15) is 0 Å². The van der Waals surface area contributed by atoms with Gasteiger partial charge in [-0.15, -0.1) is 0 Å². The highest BCUT2D eigenvalue weighted by Crippen LogP contribution is 2.23. The third-order valence-corrected chi connectivity index (χ3v) is 5.02. The molecular formula is C16H17N3O4S. The Morgan fingerprint density at radius 2 is 1.38 bits per heavy atom. The number of carbonyl (C=O) groups is 2. The molecule has 8 heteroatoms. The lowest BCUT2D eigenvalue weighted by Crippen LogP contribution is -2.17. The summed E-state index contributed by atoms with van der Waals surface area (Å²) in [4.78, 5) is 22.5. The van der Waals surface area contributed by atoms with Gasteiger partial charge in [0, 0.05) is 24.2 Å². The van der Waals surface area contributed by atoms with E-state index >= 15 is 0 Å². The number of rotatable bonds is 6. The van der Waals surface area contributed by atoms with Crippen LogP contribution in [0.3, 0.4) is 0 Å². The second-order valence-electron chi connectivity index (χ2n) is 5.11. The van der Waals surface area contributed by atoms with E-state index in [0.29, 0.717) is 11.4 Å². The smallest absolute Gasteiger partial charge is 0.224 e. The summed E-state index contributed by atoms with van der Waals surface area (Å²) in [7, 11) is -3.65. The standard InChI is InChI=1S/C16H17N3O4S/c17-11-1-5-13(6-2-11)24(22,23)14-7-3-12(4-8-14)19-16(21)10-9-15(18)20/h1-8H,9-10,17H2,(H2,18,20)(H,19,21). The molecule has 2 amide bonds. The van der Waals surface area contributed by atoms with Crippen LogP contribution in [0.15, 0.2) is 58.3 Å². The molecule has 0 bridgehead atoms. The molecule has 0 fully saturated rings. The van der Waals surface area contributed by atoms with Gasteiger partial charge in [-0.05, 0) is 48.5 Å². The second kappa shape index (κ2) is 7.14. The van der Waals surface area contributed by atoms with E-state index in [-0.39, 0.29) is 28.5 Å². The number of hydrogen-bond acceptors (Lipinski definition) is 5. The average Bonchev–Trinajstić information content (AvgIpc) is 2.54. The molecule has 2 rings (SSSR count). The number of nitrogens with one attached hydrogen (secondary N) is 1. The molecule has 0 aliphatic rings. The van der Waals surface area contributed by atoms with E-state index in [1.807, 2.05) is 0 Å². The highest BCUT2D eigenvalue weighted by Gasteiger charge is 2.17. The number of carbonyl (C=O) groups excluding carboxylic acids is 2. The Balaban J connectivity index is 2.12. The summed E-state index contributed by atoms with van der Waals surface area (Å²) in [6.45, 7) is 0. The lowest BCUT2D eigenvalue weighted by Gasteiger charge is -2.08. The molecule has 2 aromatic rings. The minimum Gasteiger partial charge on any atom is -0.399 e. The van der Waals surface area contributed by atoms with Gasteiger partial charge in [0.05, 0.1) is 9.79 Å². The number of sulfone groups is 1. The highest BCUT2D eigenvalue weighted by molar-refractivity contribution is 7.91. The van der Waals surface area contributed by atoms with Crippen molar-refractivity contribution in [1.29, 1.82) is 0 Å². The van der Waals surface area contributed by atoms with Crippen molar-refractivity contribution in [1.82, 2.24) is 0 Å². The van der Waals surface area contributed by atoms with Gasteiger partial charge in [0.25, 0.3) is 0 Å². The number of nitrogens with two attached hydrogens (primary N) is 2. The summed E-state index contributed by atoms with van der Waals surface area (Å²) in [5.74, 6) is -0.932. The highest BCUT2D eigenvalue weighted by atomic mass is 32.2. The van der Waals surface area contributed by atoms with Gasteiger partial charge < -0.3 is 16.8 Å². The molecule has 0 aromatic heterocycles. The van der Waals surface area contributed by atoms with Gasteiger partial charge in [-0.3, -0.25) is 9.59 Å². The number of hydrogen-bond donors (Lipinski definition) is 3. The maximum atomic E-state index is 12.5. The molecule has 0 radical (unpaired) electrons. The first-order valence-corrected chi connectivity index (χ1v) is 8.56. The van der Waals surface area contributed by atoms with Crippen molar-refractivity contribution >= 4 is 33.0 Å². The fourth-order valence-electron chi connectivity index (χ4n) is 1.96. The normalized spacial score (nSPS) is 11.0. The van der Waals surface area contributed by atoms with Crippen LogP contribution in [0.25, 0.3) is 0 Å². The zero-order chi connectivity index (χ0) is 17.7. The lowest BCUT2D eigenvalue weighted by atomic mass is 10.2. The van der Waals surface area contributed by atoms with Crippen molar-refractivity contribution in [3.05, 3.63) is 48.5 Å². The molecule has 126 valence electrons. The molecule has 7 nitrogen and oxygen atoms in total. The topological polar surface area (TPSA) is 132 Å². The molecule has 0 unspecified atom stereocenters. The lowest BCUT2D eigenvalue weighted by molar-refractivity contribution is -0.122. The zero-order valence-corrected chi connectivity index (χ0v) is 13.5. The van der Waals surface area contributed by atoms with E-state index in [4.69, 9.17) is 11.5 Å². The first kappa shape index (κ1) is 17.5. The van der Waals surface area contributed by atoms with E-state index in [1.54, 1.807) is 0 Å². The predicted molar refractivity (Wildman–Crippen MR) is 89.8 cm³/mol. The van der Waals surface area contributed by atoms with E-state index in [1.165, 1.54) is 48.5 Å². The average molecular weight is 347 g/mol. The van der Waals surface area contributed by atoms with Crippen molar-refractivity contribution in [2.75, 3.05) is 11.1 Å². The molecular weight excluding hydrogens is 330 g/mol. The number of anilines is 2. The first-order valence-electron chi connectivity index (χ1n) is 7.08. The van der Waals surface area contributed by atoms with E-state index in [0.717, 1.165) is 0 Å². The monoisotopic (exact) mass is 347 g/mol. The summed E-state index contributed by atoms with van der Waals surface area (Å²) >= 11 is 0. The van der Waals surface area contributed by atoms with E-state index < -0.39 is 15.7 Å². The fourth-order valence-corrected chi connectivity index (χ4v) is 3.22.